The molecule has 1 heterocycles. The Balaban J connectivity index is 2.91. The van der Waals surface area contributed by atoms with Gasteiger partial charge in [-0.3, -0.25) is 4.72 Å². The van der Waals surface area contributed by atoms with Crippen molar-refractivity contribution >= 4 is 31.6 Å². The van der Waals surface area contributed by atoms with Crippen LogP contribution in [0.2, 0.25) is 0 Å². The minimum Gasteiger partial charge on any atom is -0.280 e. The normalized spacial score (nSPS) is 10.6. The van der Waals surface area contributed by atoms with Crippen LogP contribution >= 0.6 is 15.9 Å². The van der Waals surface area contributed by atoms with Gasteiger partial charge in [-0.25, -0.2) is 13.4 Å². The molecule has 0 aliphatic carbocycles. The zero-order valence-electron chi connectivity index (χ0n) is 6.94. The first-order valence-electron chi connectivity index (χ1n) is 3.53. The molecule has 0 radical (unpaired) electrons. The van der Waals surface area contributed by atoms with Crippen LogP contribution in [0.1, 0.15) is 0 Å². The average Bonchev–Trinajstić information content (AvgIpc) is 2.08. The Morgan fingerprint density at radius 2 is 2.36 bits per heavy atom. The van der Waals surface area contributed by atoms with Crippen LogP contribution in [0, 0.1) is 11.3 Å². The van der Waals surface area contributed by atoms with Gasteiger partial charge in [0.25, 0.3) is 0 Å². The van der Waals surface area contributed by atoms with Crippen molar-refractivity contribution in [2.24, 2.45) is 0 Å². The van der Waals surface area contributed by atoms with Gasteiger partial charge in [-0.15, -0.1) is 0 Å². The lowest BCUT2D eigenvalue weighted by Crippen LogP contribution is -2.15. The second kappa shape index (κ2) is 4.39. The molecule has 1 aromatic heterocycles. The number of hydrogen-bond donors (Lipinski definition) is 1. The number of rotatable bonds is 3. The number of pyridine rings is 1. The zero-order chi connectivity index (χ0) is 10.6. The summed E-state index contributed by atoms with van der Waals surface area (Å²) in [6.45, 7) is 0. The largest absolute Gasteiger partial charge is 0.280 e. The van der Waals surface area contributed by atoms with Crippen molar-refractivity contribution in [2.45, 2.75) is 0 Å². The van der Waals surface area contributed by atoms with E-state index in [9.17, 15) is 8.42 Å². The van der Waals surface area contributed by atoms with Gasteiger partial charge in [-0.1, -0.05) is 0 Å². The van der Waals surface area contributed by atoms with Crippen molar-refractivity contribution in [1.82, 2.24) is 4.98 Å². The molecule has 14 heavy (non-hydrogen) atoms. The smallest absolute Gasteiger partial charge is 0.246 e. The van der Waals surface area contributed by atoms with E-state index in [0.29, 0.717) is 10.3 Å². The third-order valence-corrected chi connectivity index (χ3v) is 2.95. The van der Waals surface area contributed by atoms with Gasteiger partial charge in [-0.05, 0) is 28.1 Å². The lowest BCUT2D eigenvalue weighted by molar-refractivity contribution is 0.604. The highest BCUT2D eigenvalue weighted by Crippen LogP contribution is 2.19. The fraction of sp³-hybridized carbons (Fsp3) is 0.143. The predicted molar refractivity (Wildman–Crippen MR) is 55.0 cm³/mol. The fourth-order valence-corrected chi connectivity index (χ4v) is 1.97. The Kier molecular flexibility index (Phi) is 3.43. The zero-order valence-corrected chi connectivity index (χ0v) is 9.34. The number of anilines is 1. The summed E-state index contributed by atoms with van der Waals surface area (Å²) in [4.78, 5) is 3.83. The lowest BCUT2D eigenvalue weighted by Gasteiger charge is -2.05. The van der Waals surface area contributed by atoms with Gasteiger partial charge in [0.05, 0.1) is 11.8 Å². The molecule has 0 amide bonds. The molecule has 0 aliphatic heterocycles. The van der Waals surface area contributed by atoms with Gasteiger partial charge in [0.1, 0.15) is 4.60 Å². The van der Waals surface area contributed by atoms with Crippen LogP contribution < -0.4 is 4.72 Å². The Morgan fingerprint density at radius 3 is 2.93 bits per heavy atom. The van der Waals surface area contributed by atoms with E-state index in [1.54, 1.807) is 18.2 Å². The third-order valence-electron chi connectivity index (χ3n) is 1.28. The fourth-order valence-electron chi connectivity index (χ4n) is 0.751. The van der Waals surface area contributed by atoms with E-state index in [1.807, 2.05) is 0 Å². The molecule has 74 valence electrons. The molecule has 0 saturated carbocycles. The molecule has 0 atom stereocenters. The number of nitrogens with zero attached hydrogens (tertiary/aromatic N) is 2. The van der Waals surface area contributed by atoms with Crippen LogP contribution in [0.25, 0.3) is 0 Å². The second-order valence-electron chi connectivity index (χ2n) is 2.36. The highest BCUT2D eigenvalue weighted by atomic mass is 79.9. The van der Waals surface area contributed by atoms with Gasteiger partial charge < -0.3 is 0 Å². The van der Waals surface area contributed by atoms with Crippen molar-refractivity contribution in [3.8, 4) is 6.07 Å². The van der Waals surface area contributed by atoms with E-state index in [2.05, 4.69) is 25.6 Å². The molecule has 1 N–H and O–H groups in total. The van der Waals surface area contributed by atoms with Crippen LogP contribution in [0.15, 0.2) is 22.9 Å². The Bertz CT molecular complexity index is 466. The molecular weight excluding hydrogens is 270 g/mol. The number of aromatic nitrogens is 1. The number of nitrogens with one attached hydrogen (secondary N) is 1. The molecule has 0 spiro atoms. The SMILES string of the molecule is N#CCS(=O)(=O)Nc1cccnc1Br. The predicted octanol–water partition coefficient (Wildman–Crippen LogP) is 1.11. The topological polar surface area (TPSA) is 82.8 Å². The minimum absolute atomic E-state index is 0.322. The summed E-state index contributed by atoms with van der Waals surface area (Å²) in [6, 6.07) is 4.70. The van der Waals surface area contributed by atoms with E-state index in [-0.39, 0.29) is 0 Å². The maximum atomic E-state index is 11.2. The molecule has 0 fully saturated rings. The van der Waals surface area contributed by atoms with Gasteiger partial charge in [-0.2, -0.15) is 5.26 Å². The van der Waals surface area contributed by atoms with E-state index < -0.39 is 15.8 Å². The summed E-state index contributed by atoms with van der Waals surface area (Å²) in [7, 11) is -3.59. The number of hydrogen-bond acceptors (Lipinski definition) is 4. The molecule has 1 rings (SSSR count). The molecule has 7 heteroatoms. The first-order chi connectivity index (χ1) is 6.55. The number of nitriles is 1. The van der Waals surface area contributed by atoms with Crippen LogP contribution in [-0.2, 0) is 10.0 Å². The number of halogens is 1. The van der Waals surface area contributed by atoms with E-state index in [0.717, 1.165) is 0 Å². The summed E-state index contributed by atoms with van der Waals surface area (Å²) in [5, 5.41) is 8.25. The van der Waals surface area contributed by atoms with Crippen molar-refractivity contribution in [3.63, 3.8) is 0 Å². The first-order valence-corrected chi connectivity index (χ1v) is 5.97. The van der Waals surface area contributed by atoms with Crippen molar-refractivity contribution < 1.29 is 8.42 Å². The highest BCUT2D eigenvalue weighted by molar-refractivity contribution is 9.10. The van der Waals surface area contributed by atoms with Crippen LogP contribution in [0.4, 0.5) is 5.69 Å². The maximum absolute atomic E-state index is 11.2. The van der Waals surface area contributed by atoms with E-state index >= 15 is 0 Å². The summed E-state index contributed by atoms with van der Waals surface area (Å²) >= 11 is 3.08. The summed E-state index contributed by atoms with van der Waals surface area (Å²) in [6.07, 6.45) is 1.52. The van der Waals surface area contributed by atoms with Crippen LogP contribution in [0.3, 0.4) is 0 Å². The molecule has 0 bridgehead atoms. The highest BCUT2D eigenvalue weighted by Gasteiger charge is 2.11. The second-order valence-corrected chi connectivity index (χ2v) is 4.83. The Labute approximate surface area is 90.0 Å². The maximum Gasteiger partial charge on any atom is 0.246 e. The monoisotopic (exact) mass is 275 g/mol. The summed E-state index contributed by atoms with van der Waals surface area (Å²) < 4.78 is 25.0. The summed E-state index contributed by atoms with van der Waals surface area (Å²) in [5.41, 5.74) is 0.322. The van der Waals surface area contributed by atoms with Gasteiger partial charge in [0.15, 0.2) is 5.75 Å². The van der Waals surface area contributed by atoms with Gasteiger partial charge >= 0.3 is 0 Å². The lowest BCUT2D eigenvalue weighted by atomic mass is 10.4. The molecular formula is C7H6BrN3O2S. The van der Waals surface area contributed by atoms with Gasteiger partial charge in [0.2, 0.25) is 10.0 Å². The number of sulfonamides is 1. The third kappa shape index (κ3) is 2.97. The summed E-state index contributed by atoms with van der Waals surface area (Å²) in [5.74, 6) is -0.575. The Morgan fingerprint density at radius 1 is 1.64 bits per heavy atom. The first kappa shape index (κ1) is 10.9. The van der Waals surface area contributed by atoms with Gasteiger partial charge in [0, 0.05) is 6.20 Å². The minimum atomic E-state index is -3.59. The molecule has 1 aromatic rings. The Hall–Kier alpha value is -1.13. The van der Waals surface area contributed by atoms with Crippen LogP contribution in [-0.4, -0.2) is 19.2 Å². The van der Waals surface area contributed by atoms with Crippen LogP contribution in [0.5, 0.6) is 0 Å². The standard InChI is InChI=1S/C7H6BrN3O2S/c8-7-6(2-1-4-10-7)11-14(12,13)5-3-9/h1-2,4,11H,5H2. The molecule has 5 nitrogen and oxygen atoms in total. The molecule has 0 aromatic carbocycles. The quantitative estimate of drug-likeness (QED) is 0.838. The van der Waals surface area contributed by atoms with Crippen molar-refractivity contribution in [1.29, 1.82) is 5.26 Å². The molecule has 0 aliphatic rings. The molecule has 0 unspecified atom stereocenters. The average molecular weight is 276 g/mol. The van der Waals surface area contributed by atoms with E-state index in [1.165, 1.54) is 6.20 Å². The van der Waals surface area contributed by atoms with Crippen molar-refractivity contribution in [2.75, 3.05) is 10.5 Å². The molecule has 0 saturated heterocycles. The van der Waals surface area contributed by atoms with Crippen molar-refractivity contribution in [3.05, 3.63) is 22.9 Å². The van der Waals surface area contributed by atoms with E-state index in [4.69, 9.17) is 5.26 Å².